The molecule has 0 aliphatic rings. The molecule has 4 nitrogen and oxygen atoms in total. The van der Waals surface area contributed by atoms with Crippen LogP contribution < -0.4 is 9.47 Å². The number of unbranched alkanes of at least 4 members (excludes halogenated alkanes) is 3. The minimum absolute atomic E-state index is 0.0835. The van der Waals surface area contributed by atoms with Crippen LogP contribution in [0.5, 0.6) is 11.5 Å². The average Bonchev–Trinajstić information content (AvgIpc) is 2.67. The fourth-order valence-corrected chi connectivity index (χ4v) is 2.45. The lowest BCUT2D eigenvalue weighted by atomic mass is 10.1. The fourth-order valence-electron chi connectivity index (χ4n) is 2.45. The van der Waals surface area contributed by atoms with E-state index in [0.717, 1.165) is 29.9 Å². The Kier molecular flexibility index (Phi) is 8.29. The van der Waals surface area contributed by atoms with Crippen LogP contribution in [0.4, 0.5) is 0 Å². The molecular weight excluding hydrogens is 316 g/mol. The molecule has 0 aliphatic carbocycles. The molecule has 2 rings (SSSR count). The zero-order chi connectivity index (χ0) is 17.9. The fraction of sp³-hybridized carbons (Fsp3) is 0.429. The SMILES string of the molecule is CCCCCCOc1ccc(-c2ccc(OCC(O)CO)cc2)cc1. The van der Waals surface area contributed by atoms with Crippen LogP contribution in [0.25, 0.3) is 11.1 Å². The maximum absolute atomic E-state index is 9.30. The van der Waals surface area contributed by atoms with Crippen molar-refractivity contribution in [3.05, 3.63) is 48.5 Å². The zero-order valence-corrected chi connectivity index (χ0v) is 14.9. The van der Waals surface area contributed by atoms with Gasteiger partial charge in [-0.1, -0.05) is 50.5 Å². The first-order chi connectivity index (χ1) is 12.2. The number of ether oxygens (including phenoxy) is 2. The van der Waals surface area contributed by atoms with E-state index in [0.29, 0.717) is 5.75 Å². The van der Waals surface area contributed by atoms with E-state index in [9.17, 15) is 5.11 Å². The summed E-state index contributed by atoms with van der Waals surface area (Å²) in [6.45, 7) is 2.76. The molecule has 0 spiro atoms. The Labute approximate surface area is 150 Å². The predicted octanol–water partition coefficient (Wildman–Crippen LogP) is 4.04. The van der Waals surface area contributed by atoms with E-state index in [4.69, 9.17) is 14.6 Å². The summed E-state index contributed by atoms with van der Waals surface area (Å²) in [5, 5.41) is 18.1. The molecule has 0 radical (unpaired) electrons. The molecule has 1 atom stereocenters. The topological polar surface area (TPSA) is 58.9 Å². The van der Waals surface area contributed by atoms with Gasteiger partial charge in [-0.15, -0.1) is 0 Å². The lowest BCUT2D eigenvalue weighted by Gasteiger charge is -2.11. The molecule has 0 bridgehead atoms. The van der Waals surface area contributed by atoms with Gasteiger partial charge < -0.3 is 19.7 Å². The van der Waals surface area contributed by atoms with E-state index in [2.05, 4.69) is 6.92 Å². The van der Waals surface area contributed by atoms with Gasteiger partial charge in [0.05, 0.1) is 13.2 Å². The summed E-state index contributed by atoms with van der Waals surface area (Å²) in [4.78, 5) is 0. The van der Waals surface area contributed by atoms with Crippen LogP contribution in [0.3, 0.4) is 0 Å². The van der Waals surface area contributed by atoms with E-state index in [-0.39, 0.29) is 13.2 Å². The lowest BCUT2D eigenvalue weighted by molar-refractivity contribution is 0.0536. The Morgan fingerprint density at radius 2 is 1.36 bits per heavy atom. The molecule has 0 saturated heterocycles. The lowest BCUT2D eigenvalue weighted by Crippen LogP contribution is -2.21. The zero-order valence-electron chi connectivity index (χ0n) is 14.9. The van der Waals surface area contributed by atoms with E-state index >= 15 is 0 Å². The molecule has 136 valence electrons. The highest BCUT2D eigenvalue weighted by Gasteiger charge is 2.04. The summed E-state index contributed by atoms with van der Waals surface area (Å²) < 4.78 is 11.2. The summed E-state index contributed by atoms with van der Waals surface area (Å²) in [5.41, 5.74) is 2.20. The van der Waals surface area contributed by atoms with Crippen molar-refractivity contribution >= 4 is 0 Å². The quantitative estimate of drug-likeness (QED) is 0.604. The van der Waals surface area contributed by atoms with Gasteiger partial charge in [0, 0.05) is 0 Å². The third-order valence-corrected chi connectivity index (χ3v) is 3.96. The first-order valence-corrected chi connectivity index (χ1v) is 8.98. The smallest absolute Gasteiger partial charge is 0.119 e. The first kappa shape index (κ1) is 19.3. The van der Waals surface area contributed by atoms with Crippen LogP contribution in [0.15, 0.2) is 48.5 Å². The maximum atomic E-state index is 9.30. The van der Waals surface area contributed by atoms with Crippen molar-refractivity contribution < 1.29 is 19.7 Å². The minimum Gasteiger partial charge on any atom is -0.494 e. The highest BCUT2D eigenvalue weighted by atomic mass is 16.5. The van der Waals surface area contributed by atoms with E-state index in [1.165, 1.54) is 19.3 Å². The second kappa shape index (κ2) is 10.7. The second-order valence-electron chi connectivity index (χ2n) is 6.11. The Morgan fingerprint density at radius 1 is 0.800 bits per heavy atom. The molecule has 0 amide bonds. The number of hydrogen-bond donors (Lipinski definition) is 2. The summed E-state index contributed by atoms with van der Waals surface area (Å²) in [6.07, 6.45) is 3.97. The molecule has 4 heteroatoms. The van der Waals surface area contributed by atoms with E-state index < -0.39 is 6.10 Å². The molecule has 0 saturated carbocycles. The highest BCUT2D eigenvalue weighted by Crippen LogP contribution is 2.24. The number of rotatable bonds is 11. The van der Waals surface area contributed by atoms with Crippen LogP contribution >= 0.6 is 0 Å². The molecule has 2 aromatic rings. The molecule has 0 aromatic heterocycles. The highest BCUT2D eigenvalue weighted by molar-refractivity contribution is 5.64. The van der Waals surface area contributed by atoms with E-state index in [1.807, 2.05) is 48.5 Å². The van der Waals surface area contributed by atoms with Crippen LogP contribution in [0.2, 0.25) is 0 Å². The Morgan fingerprint density at radius 3 is 1.88 bits per heavy atom. The normalized spacial score (nSPS) is 12.0. The van der Waals surface area contributed by atoms with Crippen molar-refractivity contribution in [1.29, 1.82) is 0 Å². The predicted molar refractivity (Wildman–Crippen MR) is 100 cm³/mol. The molecule has 0 aliphatic heterocycles. The van der Waals surface area contributed by atoms with Crippen LogP contribution in [0, 0.1) is 0 Å². The molecule has 0 heterocycles. The molecule has 2 N–H and O–H groups in total. The van der Waals surface area contributed by atoms with Crippen LogP contribution in [-0.2, 0) is 0 Å². The standard InChI is InChI=1S/C21H28O4/c1-2-3-4-5-14-24-20-10-6-17(7-11-20)18-8-12-21(13-9-18)25-16-19(23)15-22/h6-13,19,22-23H,2-5,14-16H2,1H3. The minimum atomic E-state index is -0.853. The summed E-state index contributed by atoms with van der Waals surface area (Å²) in [6, 6.07) is 15.8. The largest absolute Gasteiger partial charge is 0.494 e. The van der Waals surface area contributed by atoms with Crippen molar-refractivity contribution in [1.82, 2.24) is 0 Å². The number of hydrogen-bond acceptors (Lipinski definition) is 4. The van der Waals surface area contributed by atoms with Crippen molar-refractivity contribution in [3.63, 3.8) is 0 Å². The Hall–Kier alpha value is -2.04. The van der Waals surface area contributed by atoms with Gasteiger partial charge in [-0.3, -0.25) is 0 Å². The van der Waals surface area contributed by atoms with Crippen molar-refractivity contribution in [2.45, 2.75) is 38.7 Å². The third kappa shape index (κ3) is 6.77. The van der Waals surface area contributed by atoms with Crippen molar-refractivity contribution in [3.8, 4) is 22.6 Å². The van der Waals surface area contributed by atoms with Crippen molar-refractivity contribution in [2.24, 2.45) is 0 Å². The molecule has 1 unspecified atom stereocenters. The molecule has 25 heavy (non-hydrogen) atoms. The molecule has 2 aromatic carbocycles. The van der Waals surface area contributed by atoms with Gasteiger partial charge >= 0.3 is 0 Å². The average molecular weight is 344 g/mol. The monoisotopic (exact) mass is 344 g/mol. The number of aliphatic hydroxyl groups excluding tert-OH is 2. The maximum Gasteiger partial charge on any atom is 0.119 e. The van der Waals surface area contributed by atoms with Crippen LogP contribution in [-0.4, -0.2) is 36.1 Å². The summed E-state index contributed by atoms with van der Waals surface area (Å²) in [5.74, 6) is 1.57. The van der Waals surface area contributed by atoms with Gasteiger partial charge in [-0.2, -0.15) is 0 Å². The molecule has 0 fully saturated rings. The summed E-state index contributed by atoms with van der Waals surface area (Å²) in [7, 11) is 0. The number of benzene rings is 2. The van der Waals surface area contributed by atoms with Gasteiger partial charge in [-0.25, -0.2) is 0 Å². The number of aliphatic hydroxyl groups is 2. The second-order valence-corrected chi connectivity index (χ2v) is 6.11. The molecular formula is C21H28O4. The third-order valence-electron chi connectivity index (χ3n) is 3.96. The Balaban J connectivity index is 1.84. The summed E-state index contributed by atoms with van der Waals surface area (Å²) >= 11 is 0. The van der Waals surface area contributed by atoms with Gasteiger partial charge in [0.1, 0.15) is 24.2 Å². The first-order valence-electron chi connectivity index (χ1n) is 8.98. The van der Waals surface area contributed by atoms with Gasteiger partial charge in [0.2, 0.25) is 0 Å². The van der Waals surface area contributed by atoms with Gasteiger partial charge in [0.15, 0.2) is 0 Å². The van der Waals surface area contributed by atoms with Crippen molar-refractivity contribution in [2.75, 3.05) is 19.8 Å². The van der Waals surface area contributed by atoms with Gasteiger partial charge in [0.25, 0.3) is 0 Å². The van der Waals surface area contributed by atoms with Crippen LogP contribution in [0.1, 0.15) is 32.6 Å². The van der Waals surface area contributed by atoms with Gasteiger partial charge in [-0.05, 0) is 41.8 Å². The Bertz CT molecular complexity index is 592. The van der Waals surface area contributed by atoms with E-state index in [1.54, 1.807) is 0 Å².